The van der Waals surface area contributed by atoms with E-state index < -0.39 is 23.4 Å². The van der Waals surface area contributed by atoms with Crippen molar-refractivity contribution in [3.63, 3.8) is 0 Å². The first-order valence-corrected chi connectivity index (χ1v) is 10.7. The number of hydrogen-bond donors (Lipinski definition) is 2. The molecule has 32 heavy (non-hydrogen) atoms. The number of nitrogens with zero attached hydrogens (tertiary/aromatic N) is 2. The summed E-state index contributed by atoms with van der Waals surface area (Å²) < 4.78 is 20.2. The number of ether oxygens (including phenoxy) is 1. The molecule has 1 saturated carbocycles. The number of hydrogen-bond acceptors (Lipinski definition) is 5. The van der Waals surface area contributed by atoms with Gasteiger partial charge in [-0.15, -0.1) is 0 Å². The van der Waals surface area contributed by atoms with Crippen LogP contribution in [0, 0.1) is 29.0 Å². The van der Waals surface area contributed by atoms with Crippen LogP contribution in [0.5, 0.6) is 0 Å². The smallest absolute Gasteiger partial charge is 0.414 e. The lowest BCUT2D eigenvalue weighted by molar-refractivity contribution is -0.119. The van der Waals surface area contributed by atoms with E-state index >= 15 is 0 Å². The molecule has 2 unspecified atom stereocenters. The molecule has 2 heterocycles. The van der Waals surface area contributed by atoms with Crippen molar-refractivity contribution < 1.29 is 18.7 Å². The van der Waals surface area contributed by atoms with Gasteiger partial charge in [0.05, 0.1) is 30.3 Å². The summed E-state index contributed by atoms with van der Waals surface area (Å²) in [5.74, 6) is 0.0483. The lowest BCUT2D eigenvalue weighted by Crippen LogP contribution is -2.33. The van der Waals surface area contributed by atoms with Gasteiger partial charge in [-0.3, -0.25) is 9.69 Å². The first kappa shape index (κ1) is 20.5. The lowest BCUT2D eigenvalue weighted by Gasteiger charge is -2.16. The fourth-order valence-electron chi connectivity index (χ4n) is 5.13. The third kappa shape index (κ3) is 3.21. The fourth-order valence-corrected chi connectivity index (χ4v) is 5.13. The van der Waals surface area contributed by atoms with Crippen LogP contribution in [0.25, 0.3) is 11.1 Å². The molecular weight excluding hydrogens is 411 g/mol. The number of amides is 2. The van der Waals surface area contributed by atoms with Gasteiger partial charge in [-0.2, -0.15) is 5.26 Å². The molecule has 0 bridgehead atoms. The number of carbonyl (C=O) groups is 2. The molecule has 3 atom stereocenters. The van der Waals surface area contributed by atoms with Crippen molar-refractivity contribution in [2.45, 2.75) is 18.4 Å². The Morgan fingerprint density at radius 2 is 2.00 bits per heavy atom. The molecule has 0 aromatic heterocycles. The number of piperidine rings is 1. The monoisotopic (exact) mass is 434 g/mol. The van der Waals surface area contributed by atoms with Crippen LogP contribution >= 0.6 is 0 Å². The highest BCUT2D eigenvalue weighted by atomic mass is 19.1. The number of nitrogens with one attached hydrogen (secondary N) is 2. The molecule has 1 aliphatic carbocycles. The number of anilines is 1. The number of benzene rings is 2. The number of fused-ring (bicyclic) bond motifs is 1. The summed E-state index contributed by atoms with van der Waals surface area (Å²) in [6.07, 6.45) is -1.05. The SMILES string of the molecule is CC(=O)NC[C@H]1CN(c2ccc(-c3ccc(C4(C#N)C5CNCC54)cc3)c(F)c2)C(=O)O1. The second-order valence-electron chi connectivity index (χ2n) is 8.65. The number of nitriles is 1. The van der Waals surface area contributed by atoms with E-state index in [0.717, 1.165) is 18.7 Å². The zero-order valence-electron chi connectivity index (χ0n) is 17.6. The predicted octanol–water partition coefficient (Wildman–Crippen LogP) is 2.56. The Balaban J connectivity index is 1.32. The lowest BCUT2D eigenvalue weighted by atomic mass is 9.90. The summed E-state index contributed by atoms with van der Waals surface area (Å²) in [6, 6.07) is 14.7. The largest absolute Gasteiger partial charge is 0.442 e. The Bertz CT molecular complexity index is 1120. The molecule has 3 aliphatic rings. The van der Waals surface area contributed by atoms with Crippen molar-refractivity contribution >= 4 is 17.7 Å². The highest BCUT2D eigenvalue weighted by Crippen LogP contribution is 2.61. The van der Waals surface area contributed by atoms with Crippen molar-refractivity contribution in [2.75, 3.05) is 31.1 Å². The van der Waals surface area contributed by atoms with Crippen molar-refractivity contribution in [2.24, 2.45) is 11.8 Å². The van der Waals surface area contributed by atoms with Crippen LogP contribution in [0.15, 0.2) is 42.5 Å². The Morgan fingerprint density at radius 1 is 1.28 bits per heavy atom. The molecule has 0 radical (unpaired) electrons. The quantitative estimate of drug-likeness (QED) is 0.754. The Labute approximate surface area is 185 Å². The van der Waals surface area contributed by atoms with Crippen LogP contribution in [-0.2, 0) is 14.9 Å². The molecule has 3 fully saturated rings. The molecular formula is C24H23FN4O3. The third-order valence-corrected chi connectivity index (χ3v) is 6.85. The third-order valence-electron chi connectivity index (χ3n) is 6.85. The molecule has 2 aliphatic heterocycles. The minimum Gasteiger partial charge on any atom is -0.442 e. The summed E-state index contributed by atoms with van der Waals surface area (Å²) in [6.45, 7) is 3.57. The molecule has 2 aromatic rings. The number of halogens is 1. The minimum atomic E-state index is -0.567. The molecule has 8 heteroatoms. The molecule has 2 aromatic carbocycles. The second kappa shape index (κ2) is 7.61. The molecule has 7 nitrogen and oxygen atoms in total. The van der Waals surface area contributed by atoms with Gasteiger partial charge < -0.3 is 15.4 Å². The van der Waals surface area contributed by atoms with Gasteiger partial charge in [0.2, 0.25) is 5.91 Å². The van der Waals surface area contributed by atoms with Crippen LogP contribution in [0.2, 0.25) is 0 Å². The topological polar surface area (TPSA) is 94.5 Å². The predicted molar refractivity (Wildman–Crippen MR) is 115 cm³/mol. The zero-order chi connectivity index (χ0) is 22.5. The van der Waals surface area contributed by atoms with Crippen molar-refractivity contribution in [1.82, 2.24) is 10.6 Å². The van der Waals surface area contributed by atoms with E-state index in [9.17, 15) is 19.2 Å². The maximum atomic E-state index is 15.0. The van der Waals surface area contributed by atoms with Gasteiger partial charge in [0.15, 0.2) is 0 Å². The summed E-state index contributed by atoms with van der Waals surface area (Å²) in [5, 5.41) is 15.7. The van der Waals surface area contributed by atoms with E-state index in [0.29, 0.717) is 28.7 Å². The van der Waals surface area contributed by atoms with E-state index in [1.54, 1.807) is 12.1 Å². The number of carbonyl (C=O) groups excluding carboxylic acids is 2. The van der Waals surface area contributed by atoms with E-state index in [-0.39, 0.29) is 19.0 Å². The van der Waals surface area contributed by atoms with Crippen LogP contribution in [0.4, 0.5) is 14.9 Å². The van der Waals surface area contributed by atoms with Crippen LogP contribution < -0.4 is 15.5 Å². The van der Waals surface area contributed by atoms with Crippen LogP contribution in [0.1, 0.15) is 12.5 Å². The van der Waals surface area contributed by atoms with Crippen molar-refractivity contribution in [3.05, 3.63) is 53.8 Å². The first-order valence-electron chi connectivity index (χ1n) is 10.7. The molecule has 5 rings (SSSR count). The normalized spacial score (nSPS) is 28.1. The Hall–Kier alpha value is -3.44. The standard InChI is InChI=1S/C24H23FN4O3/c1-14(30)28-9-18-12-29(23(31)32-18)17-6-7-19(22(25)8-17)15-2-4-16(5-3-15)24(13-26)20-10-27-11-21(20)24/h2-8,18,20-21,27H,9-12H2,1H3,(H,28,30)/t18-,20?,21?,24?/m0/s1. The van der Waals surface area contributed by atoms with Gasteiger partial charge in [-0.25, -0.2) is 9.18 Å². The Morgan fingerprint density at radius 3 is 2.62 bits per heavy atom. The van der Waals surface area contributed by atoms with Gasteiger partial charge >= 0.3 is 6.09 Å². The van der Waals surface area contributed by atoms with Gasteiger partial charge in [0, 0.05) is 37.4 Å². The molecule has 0 spiro atoms. The highest BCUT2D eigenvalue weighted by molar-refractivity contribution is 5.90. The number of cyclic esters (lactones) is 1. The minimum absolute atomic E-state index is 0.205. The van der Waals surface area contributed by atoms with Crippen LogP contribution in [-0.4, -0.2) is 44.3 Å². The van der Waals surface area contributed by atoms with Crippen molar-refractivity contribution in [1.29, 1.82) is 5.26 Å². The average Bonchev–Trinajstić information content (AvgIpc) is 3.09. The molecule has 2 saturated heterocycles. The molecule has 2 N–H and O–H groups in total. The van der Waals surface area contributed by atoms with E-state index in [2.05, 4.69) is 16.7 Å². The maximum Gasteiger partial charge on any atom is 0.414 e. The molecule has 2 amide bonds. The van der Waals surface area contributed by atoms with E-state index in [1.165, 1.54) is 17.9 Å². The maximum absolute atomic E-state index is 15.0. The summed E-state index contributed by atoms with van der Waals surface area (Å²) >= 11 is 0. The molecule has 164 valence electrons. The summed E-state index contributed by atoms with van der Waals surface area (Å²) in [4.78, 5) is 24.6. The zero-order valence-corrected chi connectivity index (χ0v) is 17.6. The highest BCUT2D eigenvalue weighted by Gasteiger charge is 2.68. The summed E-state index contributed by atoms with van der Waals surface area (Å²) in [5.41, 5.74) is 2.10. The number of rotatable bonds is 5. The fraction of sp³-hybridized carbons (Fsp3) is 0.375. The van der Waals surface area contributed by atoms with Gasteiger partial charge in [0.25, 0.3) is 0 Å². The first-order chi connectivity index (χ1) is 15.4. The van der Waals surface area contributed by atoms with Gasteiger partial charge in [0.1, 0.15) is 11.9 Å². The Kier molecular flexibility index (Phi) is 4.86. The average molecular weight is 434 g/mol. The van der Waals surface area contributed by atoms with E-state index in [1.807, 2.05) is 24.3 Å². The van der Waals surface area contributed by atoms with Gasteiger partial charge in [-0.05, 0) is 29.3 Å². The van der Waals surface area contributed by atoms with E-state index in [4.69, 9.17) is 4.74 Å². The van der Waals surface area contributed by atoms with Gasteiger partial charge in [-0.1, -0.05) is 24.3 Å². The summed E-state index contributed by atoms with van der Waals surface area (Å²) in [7, 11) is 0. The second-order valence-corrected chi connectivity index (χ2v) is 8.65. The van der Waals surface area contributed by atoms with Crippen LogP contribution in [0.3, 0.4) is 0 Å². The van der Waals surface area contributed by atoms with Crippen molar-refractivity contribution in [3.8, 4) is 17.2 Å².